The minimum absolute atomic E-state index is 0.648. The standard InChI is InChI=1S/C14H23N/c1-6-13(11(3)4)12(5)14-9-8-10-15(14)7-2/h8-11H,6-7H2,1-5H3/b13-12-. The molecule has 0 fully saturated rings. The average Bonchev–Trinajstić information content (AvgIpc) is 2.65. The first-order valence-electron chi connectivity index (χ1n) is 5.96. The lowest BCUT2D eigenvalue weighted by atomic mass is 9.94. The monoisotopic (exact) mass is 205 g/mol. The topological polar surface area (TPSA) is 4.93 Å². The van der Waals surface area contributed by atoms with Gasteiger partial charge >= 0.3 is 0 Å². The summed E-state index contributed by atoms with van der Waals surface area (Å²) in [7, 11) is 0. The van der Waals surface area contributed by atoms with Crippen molar-refractivity contribution in [3.8, 4) is 0 Å². The van der Waals surface area contributed by atoms with Crippen LogP contribution in [0.4, 0.5) is 0 Å². The number of nitrogens with zero attached hydrogens (tertiary/aromatic N) is 1. The van der Waals surface area contributed by atoms with E-state index in [1.165, 1.54) is 11.3 Å². The van der Waals surface area contributed by atoms with Crippen LogP contribution in [0.1, 0.15) is 46.7 Å². The van der Waals surface area contributed by atoms with Crippen molar-refractivity contribution < 1.29 is 0 Å². The van der Waals surface area contributed by atoms with Gasteiger partial charge in [0.2, 0.25) is 0 Å². The van der Waals surface area contributed by atoms with Crippen molar-refractivity contribution >= 4 is 5.57 Å². The summed E-state index contributed by atoms with van der Waals surface area (Å²) in [6.07, 6.45) is 3.31. The van der Waals surface area contributed by atoms with Crippen molar-refractivity contribution in [2.24, 2.45) is 5.92 Å². The Morgan fingerprint density at radius 3 is 2.47 bits per heavy atom. The zero-order valence-corrected chi connectivity index (χ0v) is 10.7. The van der Waals surface area contributed by atoms with E-state index in [0.29, 0.717) is 5.92 Å². The van der Waals surface area contributed by atoms with Crippen molar-refractivity contribution in [2.45, 2.75) is 47.6 Å². The van der Waals surface area contributed by atoms with Crippen LogP contribution in [0.15, 0.2) is 23.9 Å². The Bertz CT molecular complexity index is 342. The van der Waals surface area contributed by atoms with Crippen LogP contribution in [0.25, 0.3) is 5.57 Å². The molecule has 0 aliphatic carbocycles. The first kappa shape index (κ1) is 12.1. The normalized spacial score (nSPS) is 13.2. The van der Waals surface area contributed by atoms with E-state index < -0.39 is 0 Å². The summed E-state index contributed by atoms with van der Waals surface area (Å²) in [5.41, 5.74) is 4.41. The molecule has 84 valence electrons. The van der Waals surface area contributed by atoms with Crippen LogP contribution < -0.4 is 0 Å². The second-order valence-electron chi connectivity index (χ2n) is 4.34. The van der Waals surface area contributed by atoms with Crippen LogP contribution in [0.5, 0.6) is 0 Å². The fraction of sp³-hybridized carbons (Fsp3) is 0.571. The Morgan fingerprint density at radius 2 is 2.00 bits per heavy atom. The van der Waals surface area contributed by atoms with Gasteiger partial charge in [-0.05, 0) is 43.9 Å². The van der Waals surface area contributed by atoms with Crippen molar-refractivity contribution in [1.29, 1.82) is 0 Å². The fourth-order valence-corrected chi connectivity index (χ4v) is 2.30. The molecular weight excluding hydrogens is 182 g/mol. The maximum atomic E-state index is 2.31. The molecule has 0 bridgehead atoms. The van der Waals surface area contributed by atoms with Gasteiger partial charge in [-0.3, -0.25) is 0 Å². The van der Waals surface area contributed by atoms with Gasteiger partial charge in [0, 0.05) is 18.4 Å². The summed E-state index contributed by atoms with van der Waals surface area (Å²) in [5.74, 6) is 0.648. The van der Waals surface area contributed by atoms with Crippen LogP contribution in [-0.2, 0) is 6.54 Å². The molecule has 0 radical (unpaired) electrons. The first-order valence-corrected chi connectivity index (χ1v) is 5.96. The summed E-state index contributed by atoms with van der Waals surface area (Å²) in [5, 5.41) is 0. The highest BCUT2D eigenvalue weighted by Crippen LogP contribution is 2.26. The fourth-order valence-electron chi connectivity index (χ4n) is 2.30. The molecule has 0 saturated heterocycles. The van der Waals surface area contributed by atoms with E-state index >= 15 is 0 Å². The van der Waals surface area contributed by atoms with Gasteiger partial charge in [-0.15, -0.1) is 0 Å². The second kappa shape index (κ2) is 5.20. The van der Waals surface area contributed by atoms with Crippen molar-refractivity contribution in [2.75, 3.05) is 0 Å². The van der Waals surface area contributed by atoms with Gasteiger partial charge in [0.25, 0.3) is 0 Å². The molecule has 1 aromatic heterocycles. The summed E-state index contributed by atoms with van der Waals surface area (Å²) in [4.78, 5) is 0. The lowest BCUT2D eigenvalue weighted by molar-refractivity contribution is 0.722. The molecule has 0 atom stereocenters. The molecule has 1 nitrogen and oxygen atoms in total. The second-order valence-corrected chi connectivity index (χ2v) is 4.34. The molecular formula is C14H23N. The Hall–Kier alpha value is -0.980. The maximum Gasteiger partial charge on any atom is 0.0435 e. The van der Waals surface area contributed by atoms with Crippen LogP contribution in [0.2, 0.25) is 0 Å². The number of allylic oxidation sites excluding steroid dienone is 2. The summed E-state index contributed by atoms with van der Waals surface area (Å²) in [6, 6.07) is 4.35. The third-order valence-electron chi connectivity index (χ3n) is 3.11. The summed E-state index contributed by atoms with van der Waals surface area (Å²) < 4.78 is 2.31. The van der Waals surface area contributed by atoms with Crippen LogP contribution in [0, 0.1) is 5.92 Å². The molecule has 1 aromatic rings. The van der Waals surface area contributed by atoms with E-state index in [4.69, 9.17) is 0 Å². The van der Waals surface area contributed by atoms with Gasteiger partial charge in [0.05, 0.1) is 0 Å². The van der Waals surface area contributed by atoms with E-state index in [1.54, 1.807) is 5.57 Å². The van der Waals surface area contributed by atoms with Gasteiger partial charge in [-0.2, -0.15) is 0 Å². The number of rotatable bonds is 4. The molecule has 1 heteroatoms. The minimum Gasteiger partial charge on any atom is -0.348 e. The van der Waals surface area contributed by atoms with E-state index in [-0.39, 0.29) is 0 Å². The Morgan fingerprint density at radius 1 is 1.33 bits per heavy atom. The van der Waals surface area contributed by atoms with E-state index in [9.17, 15) is 0 Å². The molecule has 0 amide bonds. The van der Waals surface area contributed by atoms with Gasteiger partial charge < -0.3 is 4.57 Å². The zero-order chi connectivity index (χ0) is 11.4. The quantitative estimate of drug-likeness (QED) is 0.688. The first-order chi connectivity index (χ1) is 7.11. The van der Waals surface area contributed by atoms with Crippen molar-refractivity contribution in [1.82, 2.24) is 4.57 Å². The molecule has 1 rings (SSSR count). The molecule has 0 aliphatic heterocycles. The third kappa shape index (κ3) is 2.53. The third-order valence-corrected chi connectivity index (χ3v) is 3.11. The molecule has 0 aromatic carbocycles. The Kier molecular flexibility index (Phi) is 4.19. The molecule has 0 N–H and O–H groups in total. The average molecular weight is 205 g/mol. The summed E-state index contributed by atoms with van der Waals surface area (Å²) >= 11 is 0. The Balaban J connectivity index is 3.15. The molecule has 0 spiro atoms. The van der Waals surface area contributed by atoms with Crippen molar-refractivity contribution in [3.63, 3.8) is 0 Å². The SMILES string of the molecule is CC/C(=C(\C)c1cccn1CC)C(C)C. The van der Waals surface area contributed by atoms with Gasteiger partial charge in [0.15, 0.2) is 0 Å². The highest BCUT2D eigenvalue weighted by atomic mass is 15.0. The van der Waals surface area contributed by atoms with Crippen LogP contribution in [-0.4, -0.2) is 4.57 Å². The van der Waals surface area contributed by atoms with Crippen LogP contribution >= 0.6 is 0 Å². The maximum absolute atomic E-state index is 2.31. The van der Waals surface area contributed by atoms with Crippen molar-refractivity contribution in [3.05, 3.63) is 29.6 Å². The molecule has 0 saturated carbocycles. The van der Waals surface area contributed by atoms with Gasteiger partial charge in [-0.1, -0.05) is 26.3 Å². The predicted octanol–water partition coefficient (Wildman–Crippen LogP) is 4.35. The van der Waals surface area contributed by atoms with E-state index in [2.05, 4.69) is 57.5 Å². The summed E-state index contributed by atoms with van der Waals surface area (Å²) in [6.45, 7) is 12.3. The largest absolute Gasteiger partial charge is 0.348 e. The Labute approximate surface area is 93.8 Å². The highest BCUT2D eigenvalue weighted by molar-refractivity contribution is 5.65. The highest BCUT2D eigenvalue weighted by Gasteiger charge is 2.09. The smallest absolute Gasteiger partial charge is 0.0435 e. The molecule has 15 heavy (non-hydrogen) atoms. The number of hydrogen-bond acceptors (Lipinski definition) is 0. The van der Waals surface area contributed by atoms with Gasteiger partial charge in [0.1, 0.15) is 0 Å². The number of hydrogen-bond donors (Lipinski definition) is 0. The van der Waals surface area contributed by atoms with E-state index in [1.807, 2.05) is 0 Å². The molecule has 1 heterocycles. The lowest BCUT2D eigenvalue weighted by Gasteiger charge is -2.15. The number of aryl methyl sites for hydroxylation is 1. The minimum atomic E-state index is 0.648. The van der Waals surface area contributed by atoms with Gasteiger partial charge in [-0.25, -0.2) is 0 Å². The zero-order valence-electron chi connectivity index (χ0n) is 10.7. The van der Waals surface area contributed by atoms with Crippen LogP contribution in [0.3, 0.4) is 0 Å². The molecule has 0 unspecified atom stereocenters. The molecule has 0 aliphatic rings. The lowest BCUT2D eigenvalue weighted by Crippen LogP contribution is -2.02. The predicted molar refractivity (Wildman–Crippen MR) is 67.8 cm³/mol. The van der Waals surface area contributed by atoms with E-state index in [0.717, 1.165) is 13.0 Å². The number of aromatic nitrogens is 1.